The summed E-state index contributed by atoms with van der Waals surface area (Å²) in [6.45, 7) is 2.30. The molecule has 1 aromatic carbocycles. The Morgan fingerprint density at radius 3 is 2.68 bits per heavy atom. The van der Waals surface area contributed by atoms with Crippen LogP contribution in [0.5, 0.6) is 0 Å². The number of nitro benzene ring substituents is 1. The van der Waals surface area contributed by atoms with Gasteiger partial charge in [-0.1, -0.05) is 0 Å². The fourth-order valence-electron chi connectivity index (χ4n) is 1.75. The van der Waals surface area contributed by atoms with Crippen LogP contribution in [0.2, 0.25) is 0 Å². The largest absolute Gasteiger partial charge is 0.313 e. The first-order valence-electron chi connectivity index (χ1n) is 6.28. The van der Waals surface area contributed by atoms with Crippen molar-refractivity contribution >= 4 is 5.69 Å². The van der Waals surface area contributed by atoms with Crippen LogP contribution in [-0.4, -0.2) is 37.0 Å². The van der Waals surface area contributed by atoms with Gasteiger partial charge in [0.05, 0.1) is 11.0 Å². The molecule has 6 heteroatoms. The average molecular weight is 269 g/mol. The molecule has 0 aliphatic heterocycles. The molecule has 0 saturated carbocycles. The quantitative estimate of drug-likeness (QED) is 0.446. The highest BCUT2D eigenvalue weighted by atomic mass is 19.1. The second kappa shape index (κ2) is 7.81. The fourth-order valence-corrected chi connectivity index (χ4v) is 1.75. The molecular formula is C13H20FN3O2. The van der Waals surface area contributed by atoms with Crippen molar-refractivity contribution in [1.29, 1.82) is 0 Å². The van der Waals surface area contributed by atoms with Gasteiger partial charge >= 0.3 is 0 Å². The minimum atomic E-state index is -0.580. The van der Waals surface area contributed by atoms with Gasteiger partial charge in [-0.25, -0.2) is 4.39 Å². The highest BCUT2D eigenvalue weighted by Crippen LogP contribution is 2.16. The van der Waals surface area contributed by atoms with Crippen LogP contribution < -0.4 is 5.32 Å². The first-order valence-corrected chi connectivity index (χ1v) is 6.28. The lowest BCUT2D eigenvalue weighted by atomic mass is 10.2. The number of non-ortho nitro benzene ring substituents is 1. The minimum Gasteiger partial charge on any atom is -0.313 e. The molecule has 0 aliphatic carbocycles. The van der Waals surface area contributed by atoms with E-state index < -0.39 is 10.7 Å². The van der Waals surface area contributed by atoms with Crippen molar-refractivity contribution in [2.75, 3.05) is 27.2 Å². The number of nitrogens with zero attached hydrogens (tertiary/aromatic N) is 2. The molecule has 0 aromatic heterocycles. The smallest absolute Gasteiger partial charge is 0.272 e. The molecule has 0 heterocycles. The van der Waals surface area contributed by atoms with Gasteiger partial charge in [-0.05, 0) is 51.7 Å². The maximum atomic E-state index is 13.2. The molecule has 0 bridgehead atoms. The third kappa shape index (κ3) is 6.26. The van der Waals surface area contributed by atoms with Crippen LogP contribution in [0.4, 0.5) is 10.1 Å². The number of nitro groups is 1. The summed E-state index contributed by atoms with van der Waals surface area (Å²) in [6, 6.07) is 3.65. The van der Waals surface area contributed by atoms with Crippen LogP contribution in [0.15, 0.2) is 18.2 Å². The van der Waals surface area contributed by atoms with E-state index in [4.69, 9.17) is 0 Å². The number of benzene rings is 1. The topological polar surface area (TPSA) is 58.4 Å². The van der Waals surface area contributed by atoms with Crippen molar-refractivity contribution in [3.63, 3.8) is 0 Å². The van der Waals surface area contributed by atoms with Gasteiger partial charge < -0.3 is 10.2 Å². The van der Waals surface area contributed by atoms with Gasteiger partial charge in [0.15, 0.2) is 0 Å². The number of hydrogen-bond acceptors (Lipinski definition) is 4. The number of unbranched alkanes of at least 4 members (excludes halogenated alkanes) is 1. The summed E-state index contributed by atoms with van der Waals surface area (Å²) in [5.74, 6) is -0.571. The molecule has 0 fully saturated rings. The normalized spacial score (nSPS) is 10.9. The van der Waals surface area contributed by atoms with E-state index in [1.54, 1.807) is 0 Å². The summed E-state index contributed by atoms with van der Waals surface area (Å²) in [5, 5.41) is 13.8. The monoisotopic (exact) mass is 269 g/mol. The van der Waals surface area contributed by atoms with E-state index in [0.717, 1.165) is 32.0 Å². The molecule has 19 heavy (non-hydrogen) atoms. The fraction of sp³-hybridized carbons (Fsp3) is 0.538. The summed E-state index contributed by atoms with van der Waals surface area (Å²) in [4.78, 5) is 12.1. The van der Waals surface area contributed by atoms with Crippen LogP contribution in [0.1, 0.15) is 18.4 Å². The Morgan fingerprint density at radius 1 is 1.32 bits per heavy atom. The van der Waals surface area contributed by atoms with Crippen molar-refractivity contribution in [3.8, 4) is 0 Å². The lowest BCUT2D eigenvalue weighted by molar-refractivity contribution is -0.385. The summed E-state index contributed by atoms with van der Waals surface area (Å²) < 4.78 is 13.2. The van der Waals surface area contributed by atoms with Crippen molar-refractivity contribution in [3.05, 3.63) is 39.7 Å². The van der Waals surface area contributed by atoms with E-state index in [0.29, 0.717) is 12.1 Å². The van der Waals surface area contributed by atoms with E-state index in [1.165, 1.54) is 12.1 Å². The van der Waals surface area contributed by atoms with E-state index >= 15 is 0 Å². The molecule has 0 radical (unpaired) electrons. The molecule has 0 atom stereocenters. The van der Waals surface area contributed by atoms with Crippen molar-refractivity contribution in [1.82, 2.24) is 10.2 Å². The summed E-state index contributed by atoms with van der Waals surface area (Å²) >= 11 is 0. The molecular weight excluding hydrogens is 249 g/mol. The SMILES string of the molecule is CN(C)CCCCNCc1cc(F)cc([N+](=O)[O-])c1. The third-order valence-electron chi connectivity index (χ3n) is 2.69. The molecule has 0 aliphatic rings. The molecule has 1 N–H and O–H groups in total. The highest BCUT2D eigenvalue weighted by molar-refractivity contribution is 5.35. The van der Waals surface area contributed by atoms with Gasteiger partial charge in [0.25, 0.3) is 5.69 Å². The zero-order valence-corrected chi connectivity index (χ0v) is 11.4. The van der Waals surface area contributed by atoms with Gasteiger partial charge in [-0.15, -0.1) is 0 Å². The van der Waals surface area contributed by atoms with Gasteiger partial charge in [-0.2, -0.15) is 0 Å². The third-order valence-corrected chi connectivity index (χ3v) is 2.69. The Hall–Kier alpha value is -1.53. The van der Waals surface area contributed by atoms with Gasteiger partial charge in [0, 0.05) is 12.6 Å². The molecule has 1 rings (SSSR count). The number of nitrogens with one attached hydrogen (secondary N) is 1. The second-order valence-electron chi connectivity index (χ2n) is 4.76. The van der Waals surface area contributed by atoms with Gasteiger partial charge in [0.1, 0.15) is 5.82 Å². The molecule has 1 aromatic rings. The van der Waals surface area contributed by atoms with Gasteiger partial charge in [-0.3, -0.25) is 10.1 Å². The van der Waals surface area contributed by atoms with Crippen molar-refractivity contribution in [2.45, 2.75) is 19.4 Å². The summed E-state index contributed by atoms with van der Waals surface area (Å²) in [5.41, 5.74) is 0.392. The Balaban J connectivity index is 2.35. The zero-order valence-electron chi connectivity index (χ0n) is 11.4. The van der Waals surface area contributed by atoms with Crippen LogP contribution >= 0.6 is 0 Å². The van der Waals surface area contributed by atoms with E-state index in [-0.39, 0.29) is 5.69 Å². The first kappa shape index (κ1) is 15.5. The van der Waals surface area contributed by atoms with Gasteiger partial charge in [0.2, 0.25) is 0 Å². The average Bonchev–Trinajstić information content (AvgIpc) is 2.32. The lowest BCUT2D eigenvalue weighted by Crippen LogP contribution is -2.18. The maximum Gasteiger partial charge on any atom is 0.272 e. The minimum absolute atomic E-state index is 0.204. The zero-order chi connectivity index (χ0) is 14.3. The van der Waals surface area contributed by atoms with Crippen molar-refractivity contribution < 1.29 is 9.31 Å². The molecule has 0 saturated heterocycles. The maximum absolute atomic E-state index is 13.2. The summed E-state index contributed by atoms with van der Waals surface area (Å²) in [7, 11) is 4.05. The van der Waals surface area contributed by atoms with Crippen LogP contribution in [0, 0.1) is 15.9 Å². The number of rotatable bonds is 8. The first-order chi connectivity index (χ1) is 8.99. The number of hydrogen-bond donors (Lipinski definition) is 1. The predicted octanol–water partition coefficient (Wildman–Crippen LogP) is 2.17. The van der Waals surface area contributed by atoms with Crippen molar-refractivity contribution in [2.24, 2.45) is 0 Å². The standard InChI is InChI=1S/C13H20FN3O2/c1-16(2)6-4-3-5-15-10-11-7-12(14)9-13(8-11)17(18)19/h7-9,15H,3-6,10H2,1-2H3. The number of halogens is 1. The molecule has 0 amide bonds. The second-order valence-corrected chi connectivity index (χ2v) is 4.76. The Morgan fingerprint density at radius 2 is 2.05 bits per heavy atom. The van der Waals surface area contributed by atoms with Crippen LogP contribution in [-0.2, 0) is 6.54 Å². The molecule has 5 nitrogen and oxygen atoms in total. The Kier molecular flexibility index (Phi) is 6.38. The van der Waals surface area contributed by atoms with Crippen LogP contribution in [0.25, 0.3) is 0 Å². The Labute approximate surface area is 112 Å². The van der Waals surface area contributed by atoms with Crippen LogP contribution in [0.3, 0.4) is 0 Å². The highest BCUT2D eigenvalue weighted by Gasteiger charge is 2.09. The van der Waals surface area contributed by atoms with E-state index in [9.17, 15) is 14.5 Å². The van der Waals surface area contributed by atoms with E-state index in [2.05, 4.69) is 10.2 Å². The Bertz CT molecular complexity index is 424. The predicted molar refractivity (Wildman–Crippen MR) is 72.5 cm³/mol. The molecule has 106 valence electrons. The lowest BCUT2D eigenvalue weighted by Gasteiger charge is -2.09. The molecule has 0 unspecified atom stereocenters. The molecule has 0 spiro atoms. The summed E-state index contributed by atoms with van der Waals surface area (Å²) in [6.07, 6.45) is 2.11. The van der Waals surface area contributed by atoms with E-state index in [1.807, 2.05) is 14.1 Å².